The van der Waals surface area contributed by atoms with Crippen LogP contribution in [0, 0.1) is 6.92 Å². The standard InChI is InChI=1S/C15H21N5O/c1-4-12(13-9-11(2)7-8-16-13)18-15(21)6-5-14-19-17-10-20(14)3/h7-10,12H,4-6H2,1-3H3,(H,18,21). The van der Waals surface area contributed by atoms with E-state index in [4.69, 9.17) is 0 Å². The topological polar surface area (TPSA) is 72.7 Å². The molecule has 6 heteroatoms. The summed E-state index contributed by atoms with van der Waals surface area (Å²) < 4.78 is 1.83. The molecule has 2 aromatic heterocycles. The maximum atomic E-state index is 12.1. The van der Waals surface area contributed by atoms with Gasteiger partial charge in [0.25, 0.3) is 0 Å². The molecule has 0 fully saturated rings. The molecule has 0 aromatic carbocycles. The summed E-state index contributed by atoms with van der Waals surface area (Å²) in [6.07, 6.45) is 5.21. The molecule has 0 aliphatic heterocycles. The molecule has 21 heavy (non-hydrogen) atoms. The van der Waals surface area contributed by atoms with E-state index in [1.54, 1.807) is 12.5 Å². The molecule has 0 saturated heterocycles. The number of hydrogen-bond donors (Lipinski definition) is 1. The van der Waals surface area contributed by atoms with Crippen LogP contribution in [0.1, 0.15) is 42.9 Å². The van der Waals surface area contributed by atoms with Gasteiger partial charge in [-0.25, -0.2) is 0 Å². The van der Waals surface area contributed by atoms with Gasteiger partial charge in [0, 0.05) is 26.1 Å². The van der Waals surface area contributed by atoms with Crippen LogP contribution in [0.3, 0.4) is 0 Å². The highest BCUT2D eigenvalue weighted by Gasteiger charge is 2.14. The molecule has 0 aliphatic rings. The number of aryl methyl sites for hydroxylation is 3. The van der Waals surface area contributed by atoms with E-state index in [1.807, 2.05) is 37.6 Å². The Labute approximate surface area is 124 Å². The smallest absolute Gasteiger partial charge is 0.220 e. The van der Waals surface area contributed by atoms with E-state index in [2.05, 4.69) is 20.5 Å². The average Bonchev–Trinajstić information content (AvgIpc) is 2.88. The van der Waals surface area contributed by atoms with Crippen molar-refractivity contribution in [1.29, 1.82) is 0 Å². The Balaban J connectivity index is 1.92. The molecule has 2 aromatic rings. The van der Waals surface area contributed by atoms with Gasteiger partial charge in [0.1, 0.15) is 12.2 Å². The second-order valence-electron chi connectivity index (χ2n) is 5.14. The number of nitrogens with one attached hydrogen (secondary N) is 1. The van der Waals surface area contributed by atoms with Crippen molar-refractivity contribution in [1.82, 2.24) is 25.1 Å². The van der Waals surface area contributed by atoms with Crippen LogP contribution in [0.2, 0.25) is 0 Å². The van der Waals surface area contributed by atoms with Crippen LogP contribution in [0.5, 0.6) is 0 Å². The fourth-order valence-electron chi connectivity index (χ4n) is 2.16. The molecule has 0 aliphatic carbocycles. The minimum Gasteiger partial charge on any atom is -0.348 e. The predicted molar refractivity (Wildman–Crippen MR) is 79.5 cm³/mol. The third-order valence-corrected chi connectivity index (χ3v) is 3.42. The predicted octanol–water partition coefficient (Wildman–Crippen LogP) is 1.72. The van der Waals surface area contributed by atoms with Crippen LogP contribution in [-0.4, -0.2) is 25.7 Å². The van der Waals surface area contributed by atoms with Gasteiger partial charge in [-0.2, -0.15) is 0 Å². The fourth-order valence-corrected chi connectivity index (χ4v) is 2.16. The summed E-state index contributed by atoms with van der Waals surface area (Å²) in [6, 6.07) is 3.92. The zero-order chi connectivity index (χ0) is 15.2. The maximum absolute atomic E-state index is 12.1. The zero-order valence-corrected chi connectivity index (χ0v) is 12.7. The number of amides is 1. The normalized spacial score (nSPS) is 12.1. The summed E-state index contributed by atoms with van der Waals surface area (Å²) in [5, 5.41) is 10.8. The third kappa shape index (κ3) is 4.11. The third-order valence-electron chi connectivity index (χ3n) is 3.42. The first kappa shape index (κ1) is 15.2. The van der Waals surface area contributed by atoms with E-state index >= 15 is 0 Å². The number of pyridine rings is 1. The van der Waals surface area contributed by atoms with Crippen molar-refractivity contribution in [3.05, 3.63) is 41.7 Å². The summed E-state index contributed by atoms with van der Waals surface area (Å²) in [7, 11) is 1.87. The van der Waals surface area contributed by atoms with E-state index in [-0.39, 0.29) is 11.9 Å². The van der Waals surface area contributed by atoms with Gasteiger partial charge in [-0.05, 0) is 31.0 Å². The molecule has 0 saturated carbocycles. The van der Waals surface area contributed by atoms with Gasteiger partial charge in [-0.15, -0.1) is 10.2 Å². The van der Waals surface area contributed by atoms with E-state index in [1.165, 1.54) is 0 Å². The van der Waals surface area contributed by atoms with Crippen LogP contribution < -0.4 is 5.32 Å². The highest BCUT2D eigenvalue weighted by atomic mass is 16.1. The van der Waals surface area contributed by atoms with Crippen molar-refractivity contribution in [3.8, 4) is 0 Å². The number of carbonyl (C=O) groups excluding carboxylic acids is 1. The zero-order valence-electron chi connectivity index (χ0n) is 12.7. The van der Waals surface area contributed by atoms with Gasteiger partial charge in [-0.3, -0.25) is 9.78 Å². The fraction of sp³-hybridized carbons (Fsp3) is 0.467. The minimum atomic E-state index is -0.0445. The quantitative estimate of drug-likeness (QED) is 0.878. The second kappa shape index (κ2) is 6.97. The van der Waals surface area contributed by atoms with E-state index in [0.29, 0.717) is 12.8 Å². The van der Waals surface area contributed by atoms with Crippen molar-refractivity contribution in [2.24, 2.45) is 7.05 Å². The molecule has 2 rings (SSSR count). The van der Waals surface area contributed by atoms with Gasteiger partial charge < -0.3 is 9.88 Å². The first-order valence-corrected chi connectivity index (χ1v) is 7.15. The number of rotatable bonds is 6. The molecule has 0 radical (unpaired) electrons. The minimum absolute atomic E-state index is 0.00755. The van der Waals surface area contributed by atoms with Gasteiger partial charge in [0.2, 0.25) is 5.91 Å². The number of hydrogen-bond acceptors (Lipinski definition) is 4. The van der Waals surface area contributed by atoms with Gasteiger partial charge >= 0.3 is 0 Å². The Morgan fingerprint density at radius 3 is 2.90 bits per heavy atom. The summed E-state index contributed by atoms with van der Waals surface area (Å²) in [6.45, 7) is 4.06. The SMILES string of the molecule is CCC(NC(=O)CCc1nncn1C)c1cc(C)ccn1. The second-order valence-corrected chi connectivity index (χ2v) is 5.14. The van der Waals surface area contributed by atoms with Crippen LogP contribution >= 0.6 is 0 Å². The van der Waals surface area contributed by atoms with Crippen LogP contribution in [0.4, 0.5) is 0 Å². The molecule has 1 amide bonds. The van der Waals surface area contributed by atoms with Crippen molar-refractivity contribution >= 4 is 5.91 Å². The molecule has 1 unspecified atom stereocenters. The Morgan fingerprint density at radius 2 is 2.29 bits per heavy atom. The monoisotopic (exact) mass is 287 g/mol. The molecular formula is C15H21N5O. The number of nitrogens with zero attached hydrogens (tertiary/aromatic N) is 4. The van der Waals surface area contributed by atoms with Crippen molar-refractivity contribution in [2.45, 2.75) is 39.2 Å². The van der Waals surface area contributed by atoms with Crippen LogP contribution in [0.25, 0.3) is 0 Å². The van der Waals surface area contributed by atoms with Crippen LogP contribution in [0.15, 0.2) is 24.7 Å². The molecule has 112 valence electrons. The summed E-state index contributed by atoms with van der Waals surface area (Å²) in [4.78, 5) is 16.4. The summed E-state index contributed by atoms with van der Waals surface area (Å²) >= 11 is 0. The van der Waals surface area contributed by atoms with Gasteiger partial charge in [0.15, 0.2) is 0 Å². The average molecular weight is 287 g/mol. The Morgan fingerprint density at radius 1 is 1.48 bits per heavy atom. The molecule has 1 atom stereocenters. The first-order chi connectivity index (χ1) is 10.1. The van der Waals surface area contributed by atoms with E-state index in [0.717, 1.165) is 23.5 Å². The van der Waals surface area contributed by atoms with Crippen molar-refractivity contribution in [2.75, 3.05) is 0 Å². The largest absolute Gasteiger partial charge is 0.348 e. The van der Waals surface area contributed by atoms with E-state index in [9.17, 15) is 4.79 Å². The highest BCUT2D eigenvalue weighted by Crippen LogP contribution is 2.15. The van der Waals surface area contributed by atoms with Crippen molar-refractivity contribution in [3.63, 3.8) is 0 Å². The lowest BCUT2D eigenvalue weighted by molar-refractivity contribution is -0.121. The molecule has 2 heterocycles. The molecule has 0 spiro atoms. The number of carbonyl (C=O) groups is 1. The molecule has 0 bridgehead atoms. The maximum Gasteiger partial charge on any atom is 0.220 e. The molecule has 6 nitrogen and oxygen atoms in total. The molecule has 1 N–H and O–H groups in total. The van der Waals surface area contributed by atoms with Gasteiger partial charge in [0.05, 0.1) is 11.7 Å². The lowest BCUT2D eigenvalue weighted by Gasteiger charge is -2.16. The molecular weight excluding hydrogens is 266 g/mol. The first-order valence-electron chi connectivity index (χ1n) is 7.15. The summed E-state index contributed by atoms with van der Waals surface area (Å²) in [5.74, 6) is 0.819. The van der Waals surface area contributed by atoms with Gasteiger partial charge in [-0.1, -0.05) is 6.92 Å². The lowest BCUT2D eigenvalue weighted by atomic mass is 10.1. The highest BCUT2D eigenvalue weighted by molar-refractivity contribution is 5.76. The van der Waals surface area contributed by atoms with Crippen molar-refractivity contribution < 1.29 is 4.79 Å². The Hall–Kier alpha value is -2.24. The van der Waals surface area contributed by atoms with E-state index < -0.39 is 0 Å². The number of aromatic nitrogens is 4. The Bertz CT molecular complexity index is 608. The lowest BCUT2D eigenvalue weighted by Crippen LogP contribution is -2.29. The summed E-state index contributed by atoms with van der Waals surface area (Å²) in [5.41, 5.74) is 2.05. The van der Waals surface area contributed by atoms with Crippen LogP contribution in [-0.2, 0) is 18.3 Å². The Kier molecular flexibility index (Phi) is 5.03.